The van der Waals surface area contributed by atoms with Crippen molar-refractivity contribution in [3.63, 3.8) is 0 Å². The molecule has 0 amide bonds. The molecule has 1 N–H and O–H groups in total. The van der Waals surface area contributed by atoms with Crippen LogP contribution in [0, 0.1) is 46.3 Å². The molecular formula is C27H42O6. The fourth-order valence-corrected chi connectivity index (χ4v) is 9.02. The number of hydrogen-bond acceptors (Lipinski definition) is 6. The number of fused-ring (bicyclic) bond motifs is 5. The van der Waals surface area contributed by atoms with E-state index in [1.165, 1.54) is 13.8 Å². The zero-order chi connectivity index (χ0) is 24.3. The van der Waals surface area contributed by atoms with Gasteiger partial charge in [0.15, 0.2) is 0 Å². The number of carbonyl (C=O) groups excluding carboxylic acids is 3. The summed E-state index contributed by atoms with van der Waals surface area (Å²) in [7, 11) is 0. The predicted molar refractivity (Wildman–Crippen MR) is 123 cm³/mol. The van der Waals surface area contributed by atoms with E-state index in [9.17, 15) is 19.5 Å². The van der Waals surface area contributed by atoms with Gasteiger partial charge in [0.05, 0.1) is 6.10 Å². The largest absolute Gasteiger partial charge is 0.462 e. The Morgan fingerprint density at radius 1 is 1.09 bits per heavy atom. The molecule has 186 valence electrons. The van der Waals surface area contributed by atoms with E-state index in [2.05, 4.69) is 20.8 Å². The highest BCUT2D eigenvalue weighted by atomic mass is 16.6. The lowest BCUT2D eigenvalue weighted by atomic mass is 9.42. The summed E-state index contributed by atoms with van der Waals surface area (Å²) in [6.07, 6.45) is 4.45. The molecule has 4 fully saturated rings. The van der Waals surface area contributed by atoms with Gasteiger partial charge in [-0.05, 0) is 80.0 Å². The average Bonchev–Trinajstić information content (AvgIpc) is 3.00. The molecule has 0 heterocycles. The Hall–Kier alpha value is -1.43. The first-order chi connectivity index (χ1) is 15.4. The highest BCUT2D eigenvalue weighted by Crippen LogP contribution is 2.69. The van der Waals surface area contributed by atoms with Gasteiger partial charge in [-0.15, -0.1) is 0 Å². The van der Waals surface area contributed by atoms with Gasteiger partial charge in [-0.3, -0.25) is 14.4 Å². The maximum absolute atomic E-state index is 12.4. The Kier molecular flexibility index (Phi) is 6.48. The van der Waals surface area contributed by atoms with Crippen LogP contribution in [0.25, 0.3) is 0 Å². The maximum Gasteiger partial charge on any atom is 0.302 e. The molecule has 4 rings (SSSR count). The van der Waals surface area contributed by atoms with Crippen LogP contribution in [-0.2, 0) is 23.9 Å². The number of carbonyl (C=O) groups is 3. The first-order valence-corrected chi connectivity index (χ1v) is 12.9. The van der Waals surface area contributed by atoms with Gasteiger partial charge in [-0.25, -0.2) is 0 Å². The smallest absolute Gasteiger partial charge is 0.302 e. The van der Waals surface area contributed by atoms with Crippen molar-refractivity contribution in [1.29, 1.82) is 0 Å². The first-order valence-electron chi connectivity index (χ1n) is 12.9. The second-order valence-electron chi connectivity index (χ2n) is 12.1. The van der Waals surface area contributed by atoms with Crippen molar-refractivity contribution in [2.75, 3.05) is 0 Å². The van der Waals surface area contributed by atoms with Gasteiger partial charge in [0.2, 0.25) is 0 Å². The van der Waals surface area contributed by atoms with E-state index in [4.69, 9.17) is 9.47 Å². The molecule has 0 aliphatic heterocycles. The normalized spacial score (nSPS) is 46.4. The fraction of sp³-hybridized carbons (Fsp3) is 0.889. The topological polar surface area (TPSA) is 89.9 Å². The van der Waals surface area contributed by atoms with Crippen molar-refractivity contribution >= 4 is 17.7 Å². The van der Waals surface area contributed by atoms with Gasteiger partial charge in [-0.1, -0.05) is 20.8 Å². The number of esters is 2. The van der Waals surface area contributed by atoms with Crippen molar-refractivity contribution in [2.24, 2.45) is 46.3 Å². The third-order valence-corrected chi connectivity index (χ3v) is 10.6. The Morgan fingerprint density at radius 2 is 1.79 bits per heavy atom. The van der Waals surface area contributed by atoms with E-state index in [0.29, 0.717) is 48.7 Å². The Bertz CT molecular complexity index is 808. The van der Waals surface area contributed by atoms with E-state index in [0.717, 1.165) is 25.7 Å². The number of ketones is 1. The SMILES string of the molecule is CC(=O)OC(C)C(O)[C@@H]1C[C@H](OC(C)=O)[C@@]2(C)CC[C@H]3[C@@H](CC[C@H]4CC(=O)C[C@H](C)[C@@]43C)[C@H]12. The number of Topliss-reactive ketones (excluding diaryl/α,β-unsaturated/α-hetero) is 1. The van der Waals surface area contributed by atoms with E-state index < -0.39 is 18.2 Å². The van der Waals surface area contributed by atoms with Crippen molar-refractivity contribution < 1.29 is 29.0 Å². The Labute approximate surface area is 198 Å². The van der Waals surface area contributed by atoms with Gasteiger partial charge in [0.25, 0.3) is 0 Å². The summed E-state index contributed by atoms with van der Waals surface area (Å²) in [6.45, 7) is 11.5. The minimum Gasteiger partial charge on any atom is -0.462 e. The molecule has 4 aliphatic carbocycles. The molecule has 0 aromatic heterocycles. The molecule has 0 aromatic rings. The van der Waals surface area contributed by atoms with Crippen molar-refractivity contribution in [1.82, 2.24) is 0 Å². The summed E-state index contributed by atoms with van der Waals surface area (Å²) in [5.74, 6) is 1.53. The molecule has 6 heteroatoms. The van der Waals surface area contributed by atoms with Crippen LogP contribution >= 0.6 is 0 Å². The number of hydrogen-bond donors (Lipinski definition) is 1. The quantitative estimate of drug-likeness (QED) is 0.626. The minimum absolute atomic E-state index is 0.0952. The molecule has 0 spiro atoms. The summed E-state index contributed by atoms with van der Waals surface area (Å²) in [4.78, 5) is 36.0. The summed E-state index contributed by atoms with van der Waals surface area (Å²) in [5, 5.41) is 11.4. The number of aliphatic hydroxyl groups is 1. The second kappa shape index (κ2) is 8.66. The fourth-order valence-electron chi connectivity index (χ4n) is 9.02. The third kappa shape index (κ3) is 3.94. The summed E-state index contributed by atoms with van der Waals surface area (Å²) < 4.78 is 11.3. The molecule has 0 saturated heterocycles. The van der Waals surface area contributed by atoms with Crippen LogP contribution in [-0.4, -0.2) is 41.1 Å². The van der Waals surface area contributed by atoms with Crippen LogP contribution in [0.2, 0.25) is 0 Å². The lowest BCUT2D eigenvalue weighted by Crippen LogP contribution is -2.58. The van der Waals surface area contributed by atoms with Gasteiger partial charge in [0.1, 0.15) is 18.0 Å². The minimum atomic E-state index is -0.798. The molecule has 2 unspecified atom stereocenters. The molecule has 4 saturated carbocycles. The highest BCUT2D eigenvalue weighted by Gasteiger charge is 2.66. The van der Waals surface area contributed by atoms with Gasteiger partial charge in [0, 0.05) is 32.1 Å². The van der Waals surface area contributed by atoms with E-state index in [1.807, 2.05) is 0 Å². The monoisotopic (exact) mass is 462 g/mol. The molecule has 4 aliphatic rings. The number of rotatable bonds is 4. The van der Waals surface area contributed by atoms with Crippen molar-refractivity contribution in [3.8, 4) is 0 Å². The Balaban J connectivity index is 1.70. The van der Waals surface area contributed by atoms with Crippen molar-refractivity contribution in [3.05, 3.63) is 0 Å². The predicted octanol–water partition coefficient (Wildman–Crippen LogP) is 4.31. The number of aliphatic hydroxyl groups excluding tert-OH is 1. The van der Waals surface area contributed by atoms with Crippen LogP contribution in [0.4, 0.5) is 0 Å². The van der Waals surface area contributed by atoms with E-state index in [-0.39, 0.29) is 34.7 Å². The second-order valence-corrected chi connectivity index (χ2v) is 12.1. The first kappa shape index (κ1) is 24.7. The zero-order valence-electron chi connectivity index (χ0n) is 21.1. The lowest BCUT2D eigenvalue weighted by molar-refractivity contribution is -0.174. The van der Waals surface area contributed by atoms with Gasteiger partial charge in [-0.2, -0.15) is 0 Å². The molecule has 33 heavy (non-hydrogen) atoms. The van der Waals surface area contributed by atoms with Gasteiger partial charge < -0.3 is 14.6 Å². The maximum atomic E-state index is 12.4. The molecular weight excluding hydrogens is 420 g/mol. The molecule has 0 aromatic carbocycles. The summed E-state index contributed by atoms with van der Waals surface area (Å²) in [5.41, 5.74) is -0.0833. The molecule has 11 atom stereocenters. The van der Waals surface area contributed by atoms with Crippen LogP contribution in [0.5, 0.6) is 0 Å². The van der Waals surface area contributed by atoms with Crippen LogP contribution in [0.15, 0.2) is 0 Å². The lowest BCUT2D eigenvalue weighted by Gasteiger charge is -2.62. The number of ether oxygens (including phenoxy) is 2. The highest BCUT2D eigenvalue weighted by molar-refractivity contribution is 5.80. The third-order valence-electron chi connectivity index (χ3n) is 10.6. The average molecular weight is 463 g/mol. The van der Waals surface area contributed by atoms with Crippen LogP contribution in [0.3, 0.4) is 0 Å². The van der Waals surface area contributed by atoms with Crippen LogP contribution in [0.1, 0.15) is 86.5 Å². The molecule has 6 nitrogen and oxygen atoms in total. The van der Waals surface area contributed by atoms with Crippen LogP contribution < -0.4 is 0 Å². The summed E-state index contributed by atoms with van der Waals surface area (Å²) in [6, 6.07) is 0. The van der Waals surface area contributed by atoms with Gasteiger partial charge >= 0.3 is 11.9 Å². The Morgan fingerprint density at radius 3 is 2.42 bits per heavy atom. The molecule has 0 radical (unpaired) electrons. The van der Waals surface area contributed by atoms with E-state index in [1.54, 1.807) is 6.92 Å². The van der Waals surface area contributed by atoms with E-state index >= 15 is 0 Å². The zero-order valence-corrected chi connectivity index (χ0v) is 21.1. The molecule has 0 bridgehead atoms. The summed E-state index contributed by atoms with van der Waals surface area (Å²) >= 11 is 0. The van der Waals surface area contributed by atoms with Crippen molar-refractivity contribution in [2.45, 2.75) is 105 Å². The standard InChI is InChI=1S/C27H42O6/c1-14-11-19(30)12-18-7-8-20-22(27(14,18)6)9-10-26(5)23(33-17(4)29)13-21(24(20)26)25(31)15(2)32-16(3)28/h14-15,18,20-25,31H,7-13H2,1-6H3/t14-,15?,18-,20+,21+,22-,23-,24+,25?,26+,27-/m0/s1.